The first-order chi connectivity index (χ1) is 12.9. The Labute approximate surface area is 156 Å². The van der Waals surface area contributed by atoms with Gasteiger partial charge in [-0.2, -0.15) is 0 Å². The molecule has 0 atom stereocenters. The normalized spacial score (nSPS) is 10.3. The first-order valence-electron chi connectivity index (χ1n) is 8.37. The summed E-state index contributed by atoms with van der Waals surface area (Å²) in [6, 6.07) is 19.9. The summed E-state index contributed by atoms with van der Waals surface area (Å²) in [5, 5.41) is 2.65. The highest BCUT2D eigenvalue weighted by Crippen LogP contribution is 2.17. The van der Waals surface area contributed by atoms with Gasteiger partial charge in [-0.3, -0.25) is 14.4 Å². The van der Waals surface area contributed by atoms with E-state index in [1.807, 2.05) is 0 Å². The topological polar surface area (TPSA) is 89.3 Å². The smallest absolute Gasteiger partial charge is 0.221 e. The fourth-order valence-corrected chi connectivity index (χ4v) is 2.68. The second kappa shape index (κ2) is 7.66. The van der Waals surface area contributed by atoms with Crippen molar-refractivity contribution in [2.24, 2.45) is 0 Å². The number of nitrogens with two attached hydrogens (primary N) is 1. The Balaban J connectivity index is 1.84. The Bertz CT molecular complexity index is 1010. The number of ketones is 2. The zero-order valence-electron chi connectivity index (χ0n) is 14.7. The maximum Gasteiger partial charge on any atom is 0.221 e. The number of amides is 1. The molecule has 0 heterocycles. The summed E-state index contributed by atoms with van der Waals surface area (Å²) < 4.78 is 0. The Morgan fingerprint density at radius 3 is 1.67 bits per heavy atom. The average Bonchev–Trinajstić information content (AvgIpc) is 2.68. The van der Waals surface area contributed by atoms with Gasteiger partial charge in [0.2, 0.25) is 5.91 Å². The Morgan fingerprint density at radius 2 is 1.19 bits per heavy atom. The first kappa shape index (κ1) is 18.1. The van der Waals surface area contributed by atoms with Gasteiger partial charge >= 0.3 is 0 Å². The molecule has 0 aliphatic heterocycles. The predicted octanol–water partition coefficient (Wildman–Crippen LogP) is 3.69. The number of anilines is 2. The summed E-state index contributed by atoms with van der Waals surface area (Å²) >= 11 is 0. The molecule has 5 heteroatoms. The van der Waals surface area contributed by atoms with Crippen molar-refractivity contribution in [2.45, 2.75) is 6.92 Å². The predicted molar refractivity (Wildman–Crippen MR) is 105 cm³/mol. The molecule has 5 nitrogen and oxygen atoms in total. The summed E-state index contributed by atoms with van der Waals surface area (Å²) in [6.45, 7) is 1.42. The van der Waals surface area contributed by atoms with Gasteiger partial charge in [-0.1, -0.05) is 18.2 Å². The number of rotatable bonds is 5. The number of hydrogen-bond donors (Lipinski definition) is 2. The molecule has 0 saturated heterocycles. The lowest BCUT2D eigenvalue weighted by Gasteiger charge is -2.07. The fraction of sp³-hybridized carbons (Fsp3) is 0.0455. The minimum absolute atomic E-state index is 0.175. The molecule has 0 radical (unpaired) electrons. The molecule has 0 aliphatic carbocycles. The maximum absolute atomic E-state index is 12.7. The highest BCUT2D eigenvalue weighted by Gasteiger charge is 2.14. The molecule has 0 saturated carbocycles. The van der Waals surface area contributed by atoms with E-state index in [-0.39, 0.29) is 17.5 Å². The molecule has 0 spiro atoms. The summed E-state index contributed by atoms with van der Waals surface area (Å²) in [7, 11) is 0. The lowest BCUT2D eigenvalue weighted by Crippen LogP contribution is -2.07. The fourth-order valence-electron chi connectivity index (χ4n) is 2.68. The minimum Gasteiger partial charge on any atom is -0.399 e. The molecule has 0 aliphatic rings. The average molecular weight is 358 g/mol. The molecular formula is C22H18N2O3. The van der Waals surface area contributed by atoms with Gasteiger partial charge in [0.25, 0.3) is 0 Å². The standard InChI is InChI=1S/C22H18N2O3/c1-14(25)24-20-11-7-16(8-12-20)22(27)18-4-2-3-17(13-18)21(26)15-5-9-19(23)10-6-15/h2-13H,23H2,1H3,(H,24,25). The lowest BCUT2D eigenvalue weighted by molar-refractivity contribution is -0.114. The zero-order valence-corrected chi connectivity index (χ0v) is 14.7. The molecule has 3 N–H and O–H groups in total. The number of nitrogen functional groups attached to an aromatic ring is 1. The zero-order chi connectivity index (χ0) is 19.4. The SMILES string of the molecule is CC(=O)Nc1ccc(C(=O)c2cccc(C(=O)c3ccc(N)cc3)c2)cc1. The van der Waals surface area contributed by atoms with Crippen LogP contribution in [-0.4, -0.2) is 17.5 Å². The van der Waals surface area contributed by atoms with Crippen molar-refractivity contribution in [2.75, 3.05) is 11.1 Å². The van der Waals surface area contributed by atoms with Crippen LogP contribution >= 0.6 is 0 Å². The maximum atomic E-state index is 12.7. The van der Waals surface area contributed by atoms with Crippen LogP contribution in [0.5, 0.6) is 0 Å². The quantitative estimate of drug-likeness (QED) is 0.538. The van der Waals surface area contributed by atoms with Crippen LogP contribution in [0.1, 0.15) is 38.8 Å². The van der Waals surface area contributed by atoms with E-state index in [2.05, 4.69) is 5.32 Å². The van der Waals surface area contributed by atoms with Gasteiger partial charge in [0.1, 0.15) is 0 Å². The highest BCUT2D eigenvalue weighted by atomic mass is 16.1. The van der Waals surface area contributed by atoms with Crippen LogP contribution in [0.2, 0.25) is 0 Å². The third-order valence-corrected chi connectivity index (χ3v) is 4.03. The number of nitrogens with one attached hydrogen (secondary N) is 1. The van der Waals surface area contributed by atoms with E-state index in [9.17, 15) is 14.4 Å². The summed E-state index contributed by atoms with van der Waals surface area (Å²) in [5.41, 5.74) is 8.68. The van der Waals surface area contributed by atoms with Crippen molar-refractivity contribution in [3.05, 3.63) is 95.1 Å². The lowest BCUT2D eigenvalue weighted by atomic mass is 9.97. The Kier molecular flexibility index (Phi) is 5.13. The molecule has 3 rings (SSSR count). The minimum atomic E-state index is -0.198. The van der Waals surface area contributed by atoms with Gasteiger partial charge in [0, 0.05) is 40.6 Å². The molecular weight excluding hydrogens is 340 g/mol. The third kappa shape index (κ3) is 4.27. The van der Waals surface area contributed by atoms with Gasteiger partial charge in [-0.15, -0.1) is 0 Å². The molecule has 27 heavy (non-hydrogen) atoms. The number of carbonyl (C=O) groups excluding carboxylic acids is 3. The van der Waals surface area contributed by atoms with Crippen molar-refractivity contribution in [1.29, 1.82) is 0 Å². The van der Waals surface area contributed by atoms with Crippen LogP contribution in [0.15, 0.2) is 72.8 Å². The van der Waals surface area contributed by atoms with E-state index < -0.39 is 0 Å². The van der Waals surface area contributed by atoms with E-state index in [0.29, 0.717) is 33.6 Å². The highest BCUT2D eigenvalue weighted by molar-refractivity contribution is 6.13. The van der Waals surface area contributed by atoms with Crippen LogP contribution in [-0.2, 0) is 4.79 Å². The third-order valence-electron chi connectivity index (χ3n) is 4.03. The molecule has 134 valence electrons. The number of hydrogen-bond acceptors (Lipinski definition) is 4. The molecule has 0 bridgehead atoms. The molecule has 0 unspecified atom stereocenters. The van der Waals surface area contributed by atoms with Gasteiger partial charge in [0.15, 0.2) is 11.6 Å². The first-order valence-corrected chi connectivity index (χ1v) is 8.37. The van der Waals surface area contributed by atoms with Crippen LogP contribution in [0.4, 0.5) is 11.4 Å². The van der Waals surface area contributed by atoms with Crippen LogP contribution in [0.25, 0.3) is 0 Å². The van der Waals surface area contributed by atoms with E-state index in [0.717, 1.165) is 0 Å². The number of benzene rings is 3. The van der Waals surface area contributed by atoms with Crippen LogP contribution < -0.4 is 11.1 Å². The van der Waals surface area contributed by atoms with E-state index in [1.54, 1.807) is 72.8 Å². The van der Waals surface area contributed by atoms with E-state index >= 15 is 0 Å². The van der Waals surface area contributed by atoms with Crippen LogP contribution in [0.3, 0.4) is 0 Å². The van der Waals surface area contributed by atoms with Gasteiger partial charge in [0.05, 0.1) is 0 Å². The largest absolute Gasteiger partial charge is 0.399 e. The van der Waals surface area contributed by atoms with Crippen molar-refractivity contribution in [3.63, 3.8) is 0 Å². The second-order valence-corrected chi connectivity index (χ2v) is 6.12. The van der Waals surface area contributed by atoms with Gasteiger partial charge in [-0.05, 0) is 54.6 Å². The van der Waals surface area contributed by atoms with Gasteiger partial charge in [-0.25, -0.2) is 0 Å². The molecule has 1 amide bonds. The van der Waals surface area contributed by atoms with Crippen molar-refractivity contribution in [3.8, 4) is 0 Å². The summed E-state index contributed by atoms with van der Waals surface area (Å²) in [6.07, 6.45) is 0. The molecule has 0 fully saturated rings. The van der Waals surface area contributed by atoms with E-state index in [4.69, 9.17) is 5.73 Å². The van der Waals surface area contributed by atoms with Crippen LogP contribution in [0, 0.1) is 0 Å². The van der Waals surface area contributed by atoms with Crippen molar-refractivity contribution < 1.29 is 14.4 Å². The van der Waals surface area contributed by atoms with Crippen molar-refractivity contribution in [1.82, 2.24) is 0 Å². The molecule has 0 aromatic heterocycles. The van der Waals surface area contributed by atoms with Crippen molar-refractivity contribution >= 4 is 28.8 Å². The molecule has 3 aromatic carbocycles. The monoisotopic (exact) mass is 358 g/mol. The molecule has 3 aromatic rings. The summed E-state index contributed by atoms with van der Waals surface area (Å²) in [5.74, 6) is -0.551. The van der Waals surface area contributed by atoms with Gasteiger partial charge < -0.3 is 11.1 Å². The second-order valence-electron chi connectivity index (χ2n) is 6.12. The number of carbonyl (C=O) groups is 3. The van der Waals surface area contributed by atoms with E-state index in [1.165, 1.54) is 6.92 Å². The summed E-state index contributed by atoms with van der Waals surface area (Å²) in [4.78, 5) is 36.4. The Hall–Kier alpha value is -3.73. The Morgan fingerprint density at radius 1 is 0.704 bits per heavy atom.